The van der Waals surface area contributed by atoms with Crippen molar-refractivity contribution in [3.63, 3.8) is 0 Å². The van der Waals surface area contributed by atoms with Crippen LogP contribution in [-0.2, 0) is 6.18 Å². The molecule has 35 heavy (non-hydrogen) atoms. The summed E-state index contributed by atoms with van der Waals surface area (Å²) in [5, 5.41) is 3.82. The first-order valence-corrected chi connectivity index (χ1v) is 11.0. The third kappa shape index (κ3) is 4.50. The monoisotopic (exact) mass is 515 g/mol. The van der Waals surface area contributed by atoms with Crippen LogP contribution in [0, 0.1) is 0 Å². The first-order chi connectivity index (χ1) is 16.7. The average Bonchev–Trinajstić information content (AvgIpc) is 3.23. The van der Waals surface area contributed by atoms with Crippen molar-refractivity contribution in [1.82, 2.24) is 14.6 Å². The quantitative estimate of drug-likeness (QED) is 0.270. The van der Waals surface area contributed by atoms with E-state index in [1.807, 2.05) is 30.3 Å². The van der Waals surface area contributed by atoms with Gasteiger partial charge in [-0.05, 0) is 59.7 Å². The maximum Gasteiger partial charge on any atom is 0.435 e. The van der Waals surface area contributed by atoms with Crippen molar-refractivity contribution >= 4 is 28.8 Å². The molecule has 0 amide bonds. The summed E-state index contributed by atoms with van der Waals surface area (Å²) in [6.45, 7) is 0. The van der Waals surface area contributed by atoms with Crippen LogP contribution in [0.25, 0.3) is 28.0 Å². The fourth-order valence-corrected chi connectivity index (χ4v) is 3.95. The average molecular weight is 516 g/mol. The van der Waals surface area contributed by atoms with Crippen LogP contribution in [-0.4, -0.2) is 14.6 Å². The molecule has 5 nitrogen and oxygen atoms in total. The number of aromatic nitrogens is 3. The molecule has 5 rings (SSSR count). The van der Waals surface area contributed by atoms with Crippen molar-refractivity contribution in [2.24, 2.45) is 0 Å². The normalized spacial score (nSPS) is 11.7. The van der Waals surface area contributed by atoms with Crippen LogP contribution < -0.4 is 10.3 Å². The summed E-state index contributed by atoms with van der Waals surface area (Å²) < 4.78 is 48.1. The molecule has 5 aromatic rings. The number of ether oxygens (including phenoxy) is 1. The molecule has 10 heteroatoms. The molecule has 0 aliphatic rings. The van der Waals surface area contributed by atoms with Gasteiger partial charge in [-0.1, -0.05) is 47.5 Å². The minimum Gasteiger partial charge on any atom is -0.457 e. The number of halogens is 5. The summed E-state index contributed by atoms with van der Waals surface area (Å²) >= 11 is 12.0. The highest BCUT2D eigenvalue weighted by atomic mass is 35.5. The molecule has 0 fully saturated rings. The largest absolute Gasteiger partial charge is 0.457 e. The molecular formula is C25H14Cl2F3N3O2. The van der Waals surface area contributed by atoms with Gasteiger partial charge in [-0.25, -0.2) is 0 Å². The van der Waals surface area contributed by atoms with Gasteiger partial charge in [0.1, 0.15) is 17.1 Å². The van der Waals surface area contributed by atoms with Gasteiger partial charge in [-0.15, -0.1) is 0 Å². The van der Waals surface area contributed by atoms with Gasteiger partial charge in [-0.2, -0.15) is 22.8 Å². The molecule has 0 aliphatic carbocycles. The zero-order valence-corrected chi connectivity index (χ0v) is 19.1. The molecule has 1 N–H and O–H groups in total. The molecule has 0 unspecified atom stereocenters. The van der Waals surface area contributed by atoms with Crippen LogP contribution in [0.1, 0.15) is 5.69 Å². The number of hydrogen-bond acceptors (Lipinski definition) is 3. The van der Waals surface area contributed by atoms with Crippen molar-refractivity contribution in [1.29, 1.82) is 0 Å². The topological polar surface area (TPSA) is 59.4 Å². The zero-order chi connectivity index (χ0) is 24.7. The molecule has 0 saturated carbocycles. The summed E-state index contributed by atoms with van der Waals surface area (Å²) in [5.41, 5.74) is -1.38. The van der Waals surface area contributed by atoms with Crippen molar-refractivity contribution < 1.29 is 17.9 Å². The molecule has 176 valence electrons. The second kappa shape index (κ2) is 8.79. The third-order valence-corrected chi connectivity index (χ3v) is 5.98. The minimum atomic E-state index is -4.82. The first kappa shape index (κ1) is 23.0. The van der Waals surface area contributed by atoms with E-state index in [1.54, 1.807) is 24.3 Å². The zero-order valence-electron chi connectivity index (χ0n) is 17.6. The Morgan fingerprint density at radius 1 is 0.829 bits per heavy atom. The van der Waals surface area contributed by atoms with Gasteiger partial charge in [0, 0.05) is 6.07 Å². The maximum absolute atomic E-state index is 13.9. The number of nitrogens with zero attached hydrogens (tertiary/aromatic N) is 2. The Balaban J connectivity index is 1.63. The number of fused-ring (bicyclic) bond motifs is 1. The lowest BCUT2D eigenvalue weighted by molar-refractivity contribution is -0.140. The molecule has 0 spiro atoms. The Labute approximate surface area is 206 Å². The van der Waals surface area contributed by atoms with E-state index in [2.05, 4.69) is 10.1 Å². The van der Waals surface area contributed by atoms with Crippen molar-refractivity contribution in [2.45, 2.75) is 6.18 Å². The SMILES string of the molecule is O=c1cc(-c2ccc(Oc3ccccc3)cc2)[nH]c2c(-c3ccc(Cl)c(Cl)c3)c(C(F)(F)F)nn12. The molecule has 2 aromatic heterocycles. The van der Waals surface area contributed by atoms with Crippen LogP contribution in [0.15, 0.2) is 83.7 Å². The molecule has 0 radical (unpaired) electrons. The number of para-hydroxylation sites is 1. The van der Waals surface area contributed by atoms with Gasteiger partial charge in [0.05, 0.1) is 21.3 Å². The number of nitrogens with one attached hydrogen (secondary N) is 1. The summed E-state index contributed by atoms with van der Waals surface area (Å²) in [4.78, 5) is 15.7. The Hall–Kier alpha value is -3.75. The maximum atomic E-state index is 13.9. The van der Waals surface area contributed by atoms with Crippen molar-refractivity contribution in [3.8, 4) is 33.9 Å². The lowest BCUT2D eigenvalue weighted by atomic mass is 10.1. The van der Waals surface area contributed by atoms with Crippen molar-refractivity contribution in [2.75, 3.05) is 0 Å². The van der Waals surface area contributed by atoms with E-state index in [9.17, 15) is 18.0 Å². The molecule has 0 saturated heterocycles. The van der Waals surface area contributed by atoms with Crippen LogP contribution in [0.3, 0.4) is 0 Å². The summed E-state index contributed by atoms with van der Waals surface area (Å²) in [6, 6.07) is 21.2. The number of H-pyrrole nitrogens is 1. The van der Waals surface area contributed by atoms with E-state index >= 15 is 0 Å². The highest BCUT2D eigenvalue weighted by Gasteiger charge is 2.39. The molecule has 0 aliphatic heterocycles. The van der Waals surface area contributed by atoms with Crippen molar-refractivity contribution in [3.05, 3.63) is 105 Å². The highest BCUT2D eigenvalue weighted by molar-refractivity contribution is 6.42. The lowest BCUT2D eigenvalue weighted by Gasteiger charge is -2.09. The van der Waals surface area contributed by atoms with Crippen LogP contribution in [0.2, 0.25) is 10.0 Å². The number of rotatable bonds is 4. The first-order valence-electron chi connectivity index (χ1n) is 10.2. The van der Waals surface area contributed by atoms with Gasteiger partial charge in [0.25, 0.3) is 5.56 Å². The van der Waals surface area contributed by atoms with Gasteiger partial charge < -0.3 is 9.72 Å². The van der Waals surface area contributed by atoms with Gasteiger partial charge in [0.2, 0.25) is 0 Å². The third-order valence-electron chi connectivity index (χ3n) is 5.24. The van der Waals surface area contributed by atoms with E-state index in [-0.39, 0.29) is 26.8 Å². The van der Waals surface area contributed by atoms with Gasteiger partial charge >= 0.3 is 6.18 Å². The molecule has 2 heterocycles. The molecule has 0 atom stereocenters. The second-order valence-corrected chi connectivity index (χ2v) is 8.39. The van der Waals surface area contributed by atoms with E-state index in [0.29, 0.717) is 27.3 Å². The Morgan fingerprint density at radius 2 is 1.49 bits per heavy atom. The Bertz CT molecular complexity index is 1600. The van der Waals surface area contributed by atoms with E-state index in [4.69, 9.17) is 27.9 Å². The van der Waals surface area contributed by atoms with Gasteiger partial charge in [-0.3, -0.25) is 4.79 Å². The van der Waals surface area contributed by atoms with E-state index in [1.165, 1.54) is 24.3 Å². The number of benzene rings is 3. The standard InChI is InChI=1S/C25H14Cl2F3N3O2/c26-18-11-8-15(12-19(18)27)22-23(25(28,29)30)32-33-21(34)13-20(31-24(22)33)14-6-9-17(10-7-14)35-16-4-2-1-3-5-16/h1-13,31H. The number of alkyl halides is 3. The van der Waals surface area contributed by atoms with E-state index < -0.39 is 17.4 Å². The van der Waals surface area contributed by atoms with Crippen LogP contribution >= 0.6 is 23.2 Å². The number of hydrogen-bond donors (Lipinski definition) is 1. The molecular weight excluding hydrogens is 502 g/mol. The fraction of sp³-hybridized carbons (Fsp3) is 0.0400. The fourth-order valence-electron chi connectivity index (χ4n) is 3.65. The van der Waals surface area contributed by atoms with E-state index in [0.717, 1.165) is 0 Å². The molecule has 0 bridgehead atoms. The predicted octanol–water partition coefficient (Wildman–Crippen LogP) is 7.47. The highest BCUT2D eigenvalue weighted by Crippen LogP contribution is 2.40. The summed E-state index contributed by atoms with van der Waals surface area (Å²) in [7, 11) is 0. The minimum absolute atomic E-state index is 0.0733. The lowest BCUT2D eigenvalue weighted by Crippen LogP contribution is -2.15. The van der Waals surface area contributed by atoms with Crippen LogP contribution in [0.5, 0.6) is 11.5 Å². The molecule has 3 aromatic carbocycles. The van der Waals surface area contributed by atoms with Crippen LogP contribution in [0.4, 0.5) is 13.2 Å². The Kier molecular flexibility index (Phi) is 5.78. The predicted molar refractivity (Wildman–Crippen MR) is 128 cm³/mol. The number of aromatic amines is 1. The summed E-state index contributed by atoms with van der Waals surface area (Å²) in [5.74, 6) is 1.21. The summed E-state index contributed by atoms with van der Waals surface area (Å²) in [6.07, 6.45) is -4.82. The Morgan fingerprint density at radius 3 is 2.14 bits per heavy atom. The van der Waals surface area contributed by atoms with Gasteiger partial charge in [0.15, 0.2) is 5.69 Å². The second-order valence-electron chi connectivity index (χ2n) is 7.57. The smallest absolute Gasteiger partial charge is 0.435 e.